The smallest absolute Gasteiger partial charge is 0.233 e. The zero-order chi connectivity index (χ0) is 16.8. The molecule has 0 aromatic heterocycles. The fraction of sp³-hybridized carbons (Fsp3) is 0.222. The predicted molar refractivity (Wildman–Crippen MR) is 90.8 cm³/mol. The summed E-state index contributed by atoms with van der Waals surface area (Å²) in [6.45, 7) is 3.90. The molecule has 0 radical (unpaired) electrons. The number of ether oxygens (including phenoxy) is 1. The highest BCUT2D eigenvalue weighted by Crippen LogP contribution is 2.17. The third-order valence-corrected chi connectivity index (χ3v) is 3.35. The summed E-state index contributed by atoms with van der Waals surface area (Å²) >= 11 is 0. The van der Waals surface area contributed by atoms with Crippen molar-refractivity contribution in [2.45, 2.75) is 20.3 Å². The van der Waals surface area contributed by atoms with Gasteiger partial charge in [0.25, 0.3) is 0 Å². The molecule has 0 heterocycles. The van der Waals surface area contributed by atoms with Crippen molar-refractivity contribution in [3.05, 3.63) is 53.6 Å². The third kappa shape index (κ3) is 4.85. The maximum atomic E-state index is 12.0. The lowest BCUT2D eigenvalue weighted by Crippen LogP contribution is -2.21. The lowest BCUT2D eigenvalue weighted by Gasteiger charge is -2.10. The summed E-state index contributed by atoms with van der Waals surface area (Å²) in [6, 6.07) is 12.7. The summed E-state index contributed by atoms with van der Waals surface area (Å²) in [5.74, 6) is -0.00372. The number of carbonyl (C=O) groups excluding carboxylic acids is 2. The summed E-state index contributed by atoms with van der Waals surface area (Å²) in [4.78, 5) is 23.9. The second-order valence-electron chi connectivity index (χ2n) is 5.32. The number of carbonyl (C=O) groups is 2. The minimum atomic E-state index is -0.363. The fourth-order valence-electron chi connectivity index (χ4n) is 2.17. The van der Waals surface area contributed by atoms with Crippen LogP contribution in [0.1, 0.15) is 17.5 Å². The summed E-state index contributed by atoms with van der Waals surface area (Å²) in [6.07, 6.45) is -0.237. The highest BCUT2D eigenvalue weighted by atomic mass is 16.5. The molecule has 0 atom stereocenters. The number of methoxy groups -OCH3 is 1. The first-order valence-electron chi connectivity index (χ1n) is 7.29. The number of hydrogen-bond donors (Lipinski definition) is 2. The molecule has 0 spiro atoms. The molecule has 5 nitrogen and oxygen atoms in total. The monoisotopic (exact) mass is 312 g/mol. The van der Waals surface area contributed by atoms with E-state index in [4.69, 9.17) is 4.74 Å². The van der Waals surface area contributed by atoms with Crippen molar-refractivity contribution >= 4 is 23.2 Å². The van der Waals surface area contributed by atoms with E-state index in [1.165, 1.54) is 0 Å². The molecule has 0 aliphatic rings. The first-order valence-corrected chi connectivity index (χ1v) is 7.29. The number of benzene rings is 2. The van der Waals surface area contributed by atoms with E-state index in [1.807, 2.05) is 32.0 Å². The van der Waals surface area contributed by atoms with E-state index in [9.17, 15) is 9.59 Å². The Morgan fingerprint density at radius 2 is 1.61 bits per heavy atom. The van der Waals surface area contributed by atoms with Crippen LogP contribution in [0.15, 0.2) is 42.5 Å². The summed E-state index contributed by atoms with van der Waals surface area (Å²) < 4.78 is 5.05. The number of rotatable bonds is 5. The molecule has 2 aromatic carbocycles. The van der Waals surface area contributed by atoms with E-state index in [-0.39, 0.29) is 18.2 Å². The number of anilines is 2. The Bertz CT molecular complexity index is 709. The Labute approximate surface area is 135 Å². The van der Waals surface area contributed by atoms with Crippen LogP contribution in [0.2, 0.25) is 0 Å². The molecule has 2 rings (SSSR count). The first kappa shape index (κ1) is 16.5. The number of aryl methyl sites for hydroxylation is 2. The van der Waals surface area contributed by atoms with Crippen molar-refractivity contribution in [1.82, 2.24) is 0 Å². The van der Waals surface area contributed by atoms with Crippen molar-refractivity contribution in [3.63, 3.8) is 0 Å². The Hall–Kier alpha value is -2.82. The van der Waals surface area contributed by atoms with Gasteiger partial charge in [-0.3, -0.25) is 9.59 Å². The van der Waals surface area contributed by atoms with E-state index >= 15 is 0 Å². The van der Waals surface area contributed by atoms with Gasteiger partial charge >= 0.3 is 0 Å². The van der Waals surface area contributed by atoms with Gasteiger partial charge in [0, 0.05) is 11.4 Å². The Morgan fingerprint density at radius 3 is 2.22 bits per heavy atom. The average Bonchev–Trinajstić information content (AvgIpc) is 2.50. The first-order chi connectivity index (χ1) is 11.0. The maximum Gasteiger partial charge on any atom is 0.233 e. The van der Waals surface area contributed by atoms with Crippen LogP contribution in [0.4, 0.5) is 11.4 Å². The Morgan fingerprint density at radius 1 is 0.957 bits per heavy atom. The van der Waals surface area contributed by atoms with Crippen molar-refractivity contribution < 1.29 is 14.3 Å². The van der Waals surface area contributed by atoms with Gasteiger partial charge in [0.2, 0.25) is 11.8 Å². The average molecular weight is 312 g/mol. The van der Waals surface area contributed by atoms with Gasteiger partial charge in [-0.15, -0.1) is 0 Å². The molecule has 5 heteroatoms. The van der Waals surface area contributed by atoms with Gasteiger partial charge in [-0.25, -0.2) is 0 Å². The number of amides is 2. The van der Waals surface area contributed by atoms with E-state index in [0.717, 1.165) is 16.8 Å². The van der Waals surface area contributed by atoms with Crippen LogP contribution in [0.5, 0.6) is 5.75 Å². The van der Waals surface area contributed by atoms with Crippen molar-refractivity contribution in [2.24, 2.45) is 0 Å². The lowest BCUT2D eigenvalue weighted by atomic mass is 10.1. The molecule has 0 saturated heterocycles. The largest absolute Gasteiger partial charge is 0.497 e. The molecule has 2 aromatic rings. The van der Waals surface area contributed by atoms with Gasteiger partial charge in [-0.2, -0.15) is 0 Å². The minimum Gasteiger partial charge on any atom is -0.497 e. The van der Waals surface area contributed by atoms with Crippen LogP contribution >= 0.6 is 0 Å². The molecule has 2 N–H and O–H groups in total. The molecule has 120 valence electrons. The highest BCUT2D eigenvalue weighted by Gasteiger charge is 2.11. The van der Waals surface area contributed by atoms with Gasteiger partial charge < -0.3 is 15.4 Å². The maximum absolute atomic E-state index is 12.0. The van der Waals surface area contributed by atoms with E-state index in [1.54, 1.807) is 31.4 Å². The van der Waals surface area contributed by atoms with Crippen LogP contribution in [0, 0.1) is 13.8 Å². The SMILES string of the molecule is COc1ccc(NC(=O)CC(=O)Nc2ccc(C)cc2C)cc1. The van der Waals surface area contributed by atoms with E-state index in [0.29, 0.717) is 11.4 Å². The molecule has 0 unspecified atom stereocenters. The topological polar surface area (TPSA) is 67.4 Å². The van der Waals surface area contributed by atoms with Gasteiger partial charge in [0.1, 0.15) is 12.2 Å². The predicted octanol–water partition coefficient (Wildman–Crippen LogP) is 3.28. The van der Waals surface area contributed by atoms with E-state index < -0.39 is 0 Å². The molecular formula is C18H20N2O3. The normalized spacial score (nSPS) is 10.0. The lowest BCUT2D eigenvalue weighted by molar-refractivity contribution is -0.123. The molecule has 23 heavy (non-hydrogen) atoms. The Balaban J connectivity index is 1.90. The number of hydrogen-bond acceptors (Lipinski definition) is 3. The minimum absolute atomic E-state index is 0.237. The van der Waals surface area contributed by atoms with Crippen LogP contribution in [-0.2, 0) is 9.59 Å². The molecule has 0 bridgehead atoms. The van der Waals surface area contributed by atoms with Crippen LogP contribution in [0.25, 0.3) is 0 Å². The molecular weight excluding hydrogens is 292 g/mol. The van der Waals surface area contributed by atoms with Gasteiger partial charge in [-0.1, -0.05) is 17.7 Å². The quantitative estimate of drug-likeness (QED) is 0.833. The summed E-state index contributed by atoms with van der Waals surface area (Å²) in [5, 5.41) is 5.43. The molecule has 0 saturated carbocycles. The Kier molecular flexibility index (Phi) is 5.36. The third-order valence-electron chi connectivity index (χ3n) is 3.35. The summed E-state index contributed by atoms with van der Waals surface area (Å²) in [7, 11) is 1.57. The molecule has 0 fully saturated rings. The second kappa shape index (κ2) is 7.45. The van der Waals surface area contributed by atoms with Crippen LogP contribution in [0.3, 0.4) is 0 Å². The molecule has 0 aliphatic carbocycles. The van der Waals surface area contributed by atoms with Crippen molar-refractivity contribution in [1.29, 1.82) is 0 Å². The van der Waals surface area contributed by atoms with Crippen molar-refractivity contribution in [2.75, 3.05) is 17.7 Å². The zero-order valence-corrected chi connectivity index (χ0v) is 13.5. The summed E-state index contributed by atoms with van der Waals surface area (Å²) in [5.41, 5.74) is 3.43. The molecule has 0 aliphatic heterocycles. The van der Waals surface area contributed by atoms with Crippen molar-refractivity contribution in [3.8, 4) is 5.75 Å². The van der Waals surface area contributed by atoms with Gasteiger partial charge in [-0.05, 0) is 49.7 Å². The highest BCUT2D eigenvalue weighted by molar-refractivity contribution is 6.08. The fourth-order valence-corrected chi connectivity index (χ4v) is 2.17. The van der Waals surface area contributed by atoms with Gasteiger partial charge in [0.05, 0.1) is 7.11 Å². The second-order valence-corrected chi connectivity index (χ2v) is 5.32. The van der Waals surface area contributed by atoms with E-state index in [2.05, 4.69) is 10.6 Å². The standard InChI is InChI=1S/C18H20N2O3/c1-12-4-9-16(13(2)10-12)20-18(22)11-17(21)19-14-5-7-15(23-3)8-6-14/h4-10H,11H2,1-3H3,(H,19,21)(H,20,22). The molecule has 2 amide bonds. The van der Waals surface area contributed by atoms with Crippen LogP contribution in [-0.4, -0.2) is 18.9 Å². The van der Waals surface area contributed by atoms with Crippen LogP contribution < -0.4 is 15.4 Å². The van der Waals surface area contributed by atoms with Gasteiger partial charge in [0.15, 0.2) is 0 Å². The zero-order valence-electron chi connectivity index (χ0n) is 13.5. The number of nitrogens with one attached hydrogen (secondary N) is 2.